The van der Waals surface area contributed by atoms with Crippen LogP contribution in [0.15, 0.2) is 25.3 Å². The van der Waals surface area contributed by atoms with Gasteiger partial charge in [0.05, 0.1) is 0 Å². The second kappa shape index (κ2) is 11.1. The summed E-state index contributed by atoms with van der Waals surface area (Å²) in [5.74, 6) is 0. The third-order valence-electron chi connectivity index (χ3n) is 1.13. The highest BCUT2D eigenvalue weighted by atomic mass is 33.9. The van der Waals surface area contributed by atoms with Gasteiger partial charge in [0.25, 0.3) is 0 Å². The molecule has 0 N–H and O–H groups in total. The molecule has 0 aliphatic carbocycles. The Labute approximate surface area is 110 Å². The van der Waals surface area contributed by atoms with E-state index in [0.717, 1.165) is 0 Å². The van der Waals surface area contributed by atoms with E-state index in [-0.39, 0.29) is 0 Å². The molecular formula is C8H14S6. The molecule has 0 saturated carbocycles. The fourth-order valence-electron chi connectivity index (χ4n) is 0.257. The Morgan fingerprint density at radius 1 is 0.786 bits per heavy atom. The molecule has 0 aromatic rings. The molecule has 2 unspecified atom stereocenters. The summed E-state index contributed by atoms with van der Waals surface area (Å²) in [4.78, 5) is 0. The average molecular weight is 303 g/mol. The summed E-state index contributed by atoms with van der Waals surface area (Å²) in [5, 5.41) is 1.05. The second-order valence-electron chi connectivity index (χ2n) is 2.35. The molecule has 0 radical (unpaired) electrons. The van der Waals surface area contributed by atoms with Crippen molar-refractivity contribution in [2.75, 3.05) is 0 Å². The molecule has 82 valence electrons. The summed E-state index contributed by atoms with van der Waals surface area (Å²) < 4.78 is 0. The van der Waals surface area contributed by atoms with Gasteiger partial charge in [-0.3, -0.25) is 0 Å². The van der Waals surface area contributed by atoms with Gasteiger partial charge in [-0.15, -0.1) is 13.2 Å². The normalized spacial score (nSPS) is 14.7. The van der Waals surface area contributed by atoms with Gasteiger partial charge in [-0.05, 0) is 53.2 Å². The van der Waals surface area contributed by atoms with Crippen LogP contribution in [0.2, 0.25) is 0 Å². The topological polar surface area (TPSA) is 0 Å². The van der Waals surface area contributed by atoms with Crippen molar-refractivity contribution in [3.63, 3.8) is 0 Å². The summed E-state index contributed by atoms with van der Waals surface area (Å²) in [5.41, 5.74) is 0. The molecule has 0 aliphatic rings. The third kappa shape index (κ3) is 10.1. The van der Waals surface area contributed by atoms with E-state index in [1.165, 1.54) is 0 Å². The molecule has 0 saturated heterocycles. The molecule has 0 heterocycles. The summed E-state index contributed by atoms with van der Waals surface area (Å²) in [6.07, 6.45) is 3.93. The molecule has 0 aromatic heterocycles. The Kier molecular flexibility index (Phi) is 12.3. The highest BCUT2D eigenvalue weighted by Gasteiger charge is 2.00. The lowest BCUT2D eigenvalue weighted by atomic mass is 10.5. The summed E-state index contributed by atoms with van der Waals surface area (Å²) in [6, 6.07) is 0. The van der Waals surface area contributed by atoms with Gasteiger partial charge >= 0.3 is 0 Å². The minimum atomic E-state index is 0.526. The van der Waals surface area contributed by atoms with E-state index in [2.05, 4.69) is 27.0 Å². The first kappa shape index (κ1) is 15.6. The van der Waals surface area contributed by atoms with E-state index in [0.29, 0.717) is 10.5 Å². The zero-order valence-corrected chi connectivity index (χ0v) is 13.1. The lowest BCUT2D eigenvalue weighted by Gasteiger charge is -2.04. The van der Waals surface area contributed by atoms with Gasteiger partial charge in [-0.2, -0.15) is 0 Å². The van der Waals surface area contributed by atoms with E-state index in [1.54, 1.807) is 19.7 Å². The van der Waals surface area contributed by atoms with Crippen molar-refractivity contribution in [1.82, 2.24) is 0 Å². The molecule has 14 heavy (non-hydrogen) atoms. The van der Waals surface area contributed by atoms with Crippen LogP contribution in [0.1, 0.15) is 13.8 Å². The minimum absolute atomic E-state index is 0.526. The quantitative estimate of drug-likeness (QED) is 0.284. The van der Waals surface area contributed by atoms with Crippen molar-refractivity contribution in [1.29, 1.82) is 0 Å². The van der Waals surface area contributed by atoms with Gasteiger partial charge in [0.1, 0.15) is 0 Å². The minimum Gasteiger partial charge on any atom is -0.102 e. The zero-order chi connectivity index (χ0) is 10.8. The summed E-state index contributed by atoms with van der Waals surface area (Å²) in [6.45, 7) is 11.8. The van der Waals surface area contributed by atoms with E-state index in [9.17, 15) is 0 Å². The van der Waals surface area contributed by atoms with E-state index in [4.69, 9.17) is 0 Å². The first-order valence-electron chi connectivity index (χ1n) is 3.94. The molecular weight excluding hydrogens is 288 g/mol. The Morgan fingerprint density at radius 2 is 1.14 bits per heavy atom. The van der Waals surface area contributed by atoms with Crippen molar-refractivity contribution in [3.8, 4) is 0 Å². The predicted octanol–water partition coefficient (Wildman–Crippen LogP) is 6.11. The maximum absolute atomic E-state index is 3.74. The first-order valence-corrected chi connectivity index (χ1v) is 11.6. The van der Waals surface area contributed by atoms with Crippen LogP contribution in [0, 0.1) is 0 Å². The van der Waals surface area contributed by atoms with E-state index >= 15 is 0 Å². The molecule has 0 rings (SSSR count). The van der Waals surface area contributed by atoms with Crippen LogP contribution in [0.4, 0.5) is 0 Å². The second-order valence-corrected chi connectivity index (χ2v) is 12.4. The Bertz CT molecular complexity index is 142. The Balaban J connectivity index is 3.13. The Hall–Kier alpha value is 1.58. The third-order valence-corrected chi connectivity index (χ3v) is 12.7. The van der Waals surface area contributed by atoms with E-state index in [1.807, 2.05) is 53.4 Å². The molecule has 0 spiro atoms. The first-order chi connectivity index (χ1) is 6.70. The van der Waals surface area contributed by atoms with Gasteiger partial charge in [0, 0.05) is 10.5 Å². The van der Waals surface area contributed by atoms with Crippen LogP contribution in [0.5, 0.6) is 0 Å². The van der Waals surface area contributed by atoms with Crippen LogP contribution in [-0.4, -0.2) is 10.5 Å². The van der Waals surface area contributed by atoms with Crippen LogP contribution in [-0.2, 0) is 0 Å². The van der Waals surface area contributed by atoms with Crippen molar-refractivity contribution in [2.45, 2.75) is 24.3 Å². The highest BCUT2D eigenvalue weighted by molar-refractivity contribution is 9.41. The smallest absolute Gasteiger partial charge is 0.0308 e. The molecule has 0 aromatic carbocycles. The SMILES string of the molecule is C=CC(C)SSSSSSC(C)C=C. The number of rotatable bonds is 9. The largest absolute Gasteiger partial charge is 0.102 e. The summed E-state index contributed by atoms with van der Waals surface area (Å²) >= 11 is 0. The monoisotopic (exact) mass is 302 g/mol. The number of hydrogen-bond donors (Lipinski definition) is 0. The maximum Gasteiger partial charge on any atom is 0.0308 e. The molecule has 2 atom stereocenters. The lowest BCUT2D eigenvalue weighted by Crippen LogP contribution is -1.82. The molecule has 0 bridgehead atoms. The van der Waals surface area contributed by atoms with Crippen LogP contribution >= 0.6 is 60.9 Å². The van der Waals surface area contributed by atoms with Gasteiger partial charge in [0.2, 0.25) is 0 Å². The standard InChI is InChI=1S/C8H14S6/c1-5-7(3)9-11-13-14-12-10-8(4)6-2/h5-8H,1-2H2,3-4H3. The van der Waals surface area contributed by atoms with Gasteiger partial charge in [-0.25, -0.2) is 0 Å². The molecule has 0 amide bonds. The van der Waals surface area contributed by atoms with Gasteiger partial charge in [-0.1, -0.05) is 33.7 Å². The molecule has 0 fully saturated rings. The average Bonchev–Trinajstić information content (AvgIpc) is 2.22. The van der Waals surface area contributed by atoms with Crippen molar-refractivity contribution < 1.29 is 0 Å². The van der Waals surface area contributed by atoms with E-state index < -0.39 is 0 Å². The lowest BCUT2D eigenvalue weighted by molar-refractivity contribution is 1.27. The molecule has 0 aliphatic heterocycles. The molecule has 0 nitrogen and oxygen atoms in total. The van der Waals surface area contributed by atoms with Crippen molar-refractivity contribution in [2.24, 2.45) is 0 Å². The van der Waals surface area contributed by atoms with Crippen molar-refractivity contribution in [3.05, 3.63) is 25.3 Å². The molecule has 6 heteroatoms. The van der Waals surface area contributed by atoms with Crippen LogP contribution in [0.25, 0.3) is 0 Å². The zero-order valence-electron chi connectivity index (χ0n) is 8.17. The van der Waals surface area contributed by atoms with Crippen LogP contribution < -0.4 is 0 Å². The van der Waals surface area contributed by atoms with Gasteiger partial charge in [0.15, 0.2) is 0 Å². The summed E-state index contributed by atoms with van der Waals surface area (Å²) in [7, 11) is 10.9. The van der Waals surface area contributed by atoms with Crippen molar-refractivity contribution >= 4 is 60.9 Å². The fourth-order valence-corrected chi connectivity index (χ4v) is 12.2. The predicted molar refractivity (Wildman–Crippen MR) is 84.9 cm³/mol. The fraction of sp³-hybridized carbons (Fsp3) is 0.500. The van der Waals surface area contributed by atoms with Crippen LogP contribution in [0.3, 0.4) is 0 Å². The highest BCUT2D eigenvalue weighted by Crippen LogP contribution is 2.54. The number of hydrogen-bond acceptors (Lipinski definition) is 6. The maximum atomic E-state index is 3.74. The van der Waals surface area contributed by atoms with Gasteiger partial charge < -0.3 is 0 Å². The Morgan fingerprint density at radius 3 is 1.43 bits per heavy atom.